The van der Waals surface area contributed by atoms with Gasteiger partial charge in [0.2, 0.25) is 5.76 Å². The van der Waals surface area contributed by atoms with Crippen molar-refractivity contribution in [3.05, 3.63) is 57.7 Å². The summed E-state index contributed by atoms with van der Waals surface area (Å²) in [7, 11) is 1.28. The van der Waals surface area contributed by atoms with E-state index in [9.17, 15) is 9.18 Å². The molecule has 0 saturated carbocycles. The molecule has 0 aliphatic carbocycles. The van der Waals surface area contributed by atoms with Gasteiger partial charge in [-0.1, -0.05) is 19.1 Å². The lowest BCUT2D eigenvalue weighted by molar-refractivity contribution is 0.0562. The second-order valence-electron chi connectivity index (χ2n) is 4.33. The maximum Gasteiger partial charge on any atom is 0.373 e. The molecule has 1 N–H and O–H groups in total. The molecular weight excluding hydrogens is 341 g/mol. The minimum absolute atomic E-state index is 0.0887. The summed E-state index contributed by atoms with van der Waals surface area (Å²) < 4.78 is 24.7. The van der Waals surface area contributed by atoms with Crippen LogP contribution >= 0.6 is 15.9 Å². The molecular formula is C15H15BrFNO3. The summed E-state index contributed by atoms with van der Waals surface area (Å²) in [6.45, 7) is 2.53. The highest BCUT2D eigenvalue weighted by Crippen LogP contribution is 2.29. The zero-order valence-corrected chi connectivity index (χ0v) is 13.2. The van der Waals surface area contributed by atoms with E-state index in [0.717, 1.165) is 0 Å². The molecule has 1 heterocycles. The lowest BCUT2D eigenvalue weighted by Gasteiger charge is -2.17. The van der Waals surface area contributed by atoms with E-state index in [4.69, 9.17) is 4.42 Å². The molecule has 1 aromatic carbocycles. The van der Waals surface area contributed by atoms with Crippen LogP contribution in [0.1, 0.15) is 34.8 Å². The fraction of sp³-hybridized carbons (Fsp3) is 0.267. The van der Waals surface area contributed by atoms with E-state index in [1.165, 1.54) is 13.2 Å². The molecule has 1 aromatic heterocycles. The molecule has 1 atom stereocenters. The van der Waals surface area contributed by atoms with Crippen molar-refractivity contribution >= 4 is 21.9 Å². The first-order valence-corrected chi connectivity index (χ1v) is 7.23. The number of benzene rings is 1. The highest BCUT2D eigenvalue weighted by molar-refractivity contribution is 9.10. The third kappa shape index (κ3) is 3.33. The first kappa shape index (κ1) is 15.7. The molecule has 0 fully saturated rings. The third-order valence-corrected chi connectivity index (χ3v) is 3.61. The number of halogens is 2. The number of hydrogen-bond donors (Lipinski definition) is 1. The van der Waals surface area contributed by atoms with Crippen LogP contribution in [-0.4, -0.2) is 19.6 Å². The lowest BCUT2D eigenvalue weighted by atomic mass is 10.0. The minimum atomic E-state index is -0.564. The van der Waals surface area contributed by atoms with Gasteiger partial charge >= 0.3 is 5.97 Å². The van der Waals surface area contributed by atoms with E-state index < -0.39 is 12.0 Å². The maximum atomic E-state index is 14.3. The Bertz CT molecular complexity index is 642. The van der Waals surface area contributed by atoms with Crippen molar-refractivity contribution in [1.82, 2.24) is 5.32 Å². The number of carbonyl (C=O) groups is 1. The Hall–Kier alpha value is -1.66. The summed E-state index contributed by atoms with van der Waals surface area (Å²) in [6.07, 6.45) is 0. The van der Waals surface area contributed by atoms with Gasteiger partial charge in [0.05, 0.1) is 17.6 Å². The minimum Gasteiger partial charge on any atom is -0.463 e. The zero-order chi connectivity index (χ0) is 15.4. The molecule has 0 aliphatic rings. The summed E-state index contributed by atoms with van der Waals surface area (Å²) in [4.78, 5) is 11.4. The Labute approximate surface area is 130 Å². The van der Waals surface area contributed by atoms with E-state index >= 15 is 0 Å². The number of rotatable bonds is 5. The highest BCUT2D eigenvalue weighted by Gasteiger charge is 2.23. The SMILES string of the molecule is CCNC(c1ccc(C(=O)OC)o1)c1cccc(Br)c1F. The number of furan rings is 1. The Morgan fingerprint density at radius 1 is 1.43 bits per heavy atom. The Kier molecular flexibility index (Phi) is 5.14. The average molecular weight is 356 g/mol. The molecule has 0 saturated heterocycles. The van der Waals surface area contributed by atoms with Crippen LogP contribution in [0.4, 0.5) is 4.39 Å². The third-order valence-electron chi connectivity index (χ3n) is 3.00. The van der Waals surface area contributed by atoms with Gasteiger partial charge in [0, 0.05) is 5.56 Å². The molecule has 2 rings (SSSR count). The fourth-order valence-corrected chi connectivity index (χ4v) is 2.41. The summed E-state index contributed by atoms with van der Waals surface area (Å²) in [5, 5.41) is 3.15. The van der Waals surface area contributed by atoms with E-state index in [0.29, 0.717) is 22.3 Å². The van der Waals surface area contributed by atoms with Gasteiger partial charge in [0.15, 0.2) is 0 Å². The Morgan fingerprint density at radius 2 is 2.19 bits per heavy atom. The normalized spacial score (nSPS) is 12.2. The van der Waals surface area contributed by atoms with Gasteiger partial charge < -0.3 is 14.5 Å². The van der Waals surface area contributed by atoms with Crippen molar-refractivity contribution in [2.45, 2.75) is 13.0 Å². The number of nitrogens with one attached hydrogen (secondary N) is 1. The predicted octanol–water partition coefficient (Wildman–Crippen LogP) is 3.67. The van der Waals surface area contributed by atoms with Crippen LogP contribution in [0, 0.1) is 5.82 Å². The predicted molar refractivity (Wildman–Crippen MR) is 79.7 cm³/mol. The lowest BCUT2D eigenvalue weighted by Crippen LogP contribution is -2.22. The van der Waals surface area contributed by atoms with Crippen molar-refractivity contribution in [1.29, 1.82) is 0 Å². The highest BCUT2D eigenvalue weighted by atomic mass is 79.9. The molecule has 1 unspecified atom stereocenters. The molecule has 6 heteroatoms. The van der Waals surface area contributed by atoms with Gasteiger partial charge in [-0.15, -0.1) is 0 Å². The van der Waals surface area contributed by atoms with Crippen molar-refractivity contribution < 1.29 is 18.3 Å². The van der Waals surface area contributed by atoms with Gasteiger partial charge in [-0.3, -0.25) is 0 Å². The van der Waals surface area contributed by atoms with Crippen LogP contribution in [0.15, 0.2) is 39.2 Å². The standard InChI is InChI=1S/C15H15BrFNO3/c1-3-18-14(9-5-4-6-10(16)13(9)17)11-7-8-12(21-11)15(19)20-2/h4-8,14,18H,3H2,1-2H3. The fourth-order valence-electron chi connectivity index (χ4n) is 2.03. The van der Waals surface area contributed by atoms with Crippen molar-refractivity contribution in [2.75, 3.05) is 13.7 Å². The molecule has 0 aliphatic heterocycles. The molecule has 0 radical (unpaired) electrons. The van der Waals surface area contributed by atoms with Crippen molar-refractivity contribution in [3.8, 4) is 0 Å². The van der Waals surface area contributed by atoms with E-state index in [1.807, 2.05) is 6.92 Å². The van der Waals surface area contributed by atoms with Crippen LogP contribution in [0.5, 0.6) is 0 Å². The van der Waals surface area contributed by atoms with E-state index in [1.54, 1.807) is 24.3 Å². The molecule has 0 amide bonds. The summed E-state index contributed by atoms with van der Waals surface area (Å²) in [5.74, 6) is -0.384. The van der Waals surface area contributed by atoms with Crippen molar-refractivity contribution in [3.63, 3.8) is 0 Å². The summed E-state index contributed by atoms with van der Waals surface area (Å²) >= 11 is 3.17. The van der Waals surface area contributed by atoms with Crippen molar-refractivity contribution in [2.24, 2.45) is 0 Å². The number of methoxy groups -OCH3 is 1. The second kappa shape index (κ2) is 6.87. The van der Waals surface area contributed by atoms with Gasteiger partial charge in [-0.25, -0.2) is 9.18 Å². The summed E-state index contributed by atoms with van der Waals surface area (Å²) in [5.41, 5.74) is 0.442. The first-order valence-electron chi connectivity index (χ1n) is 6.43. The van der Waals surface area contributed by atoms with Crippen LogP contribution < -0.4 is 5.32 Å². The Morgan fingerprint density at radius 3 is 2.86 bits per heavy atom. The Balaban J connectivity index is 2.41. The number of hydrogen-bond acceptors (Lipinski definition) is 4. The van der Waals surface area contributed by atoms with Gasteiger partial charge in [-0.2, -0.15) is 0 Å². The quantitative estimate of drug-likeness (QED) is 0.831. The first-order chi connectivity index (χ1) is 10.1. The van der Waals surface area contributed by atoms with Gasteiger partial charge in [0.25, 0.3) is 0 Å². The second-order valence-corrected chi connectivity index (χ2v) is 5.18. The smallest absolute Gasteiger partial charge is 0.373 e. The monoisotopic (exact) mass is 355 g/mol. The summed E-state index contributed by atoms with van der Waals surface area (Å²) in [6, 6.07) is 7.72. The largest absolute Gasteiger partial charge is 0.463 e. The molecule has 2 aromatic rings. The topological polar surface area (TPSA) is 51.5 Å². The molecule has 0 bridgehead atoms. The average Bonchev–Trinajstić information content (AvgIpc) is 2.97. The molecule has 112 valence electrons. The van der Waals surface area contributed by atoms with E-state index in [2.05, 4.69) is 26.0 Å². The number of esters is 1. The van der Waals surface area contributed by atoms with Crippen LogP contribution in [-0.2, 0) is 4.74 Å². The van der Waals surface area contributed by atoms with Crippen LogP contribution in [0.25, 0.3) is 0 Å². The molecule has 21 heavy (non-hydrogen) atoms. The zero-order valence-electron chi connectivity index (χ0n) is 11.7. The van der Waals surface area contributed by atoms with Crippen LogP contribution in [0.3, 0.4) is 0 Å². The number of ether oxygens (including phenoxy) is 1. The molecule has 4 nitrogen and oxygen atoms in total. The number of carbonyl (C=O) groups excluding carboxylic acids is 1. The van der Waals surface area contributed by atoms with Gasteiger partial charge in [-0.05, 0) is 40.7 Å². The molecule has 0 spiro atoms. The van der Waals surface area contributed by atoms with Crippen LogP contribution in [0.2, 0.25) is 0 Å². The van der Waals surface area contributed by atoms with E-state index in [-0.39, 0.29) is 11.6 Å². The maximum absolute atomic E-state index is 14.3. The van der Waals surface area contributed by atoms with Gasteiger partial charge in [0.1, 0.15) is 11.6 Å².